The molecule has 106 valence electrons. The van der Waals surface area contributed by atoms with Gasteiger partial charge in [-0.05, 0) is 43.2 Å². The van der Waals surface area contributed by atoms with Gasteiger partial charge in [0.25, 0.3) is 5.91 Å². The average molecular weight is 292 g/mol. The number of aryl methyl sites for hydroxylation is 1. The van der Waals surface area contributed by atoms with E-state index in [4.69, 9.17) is 22.6 Å². The number of carbonyl (C=O) groups is 1. The van der Waals surface area contributed by atoms with Crippen molar-refractivity contribution in [3.05, 3.63) is 34.9 Å². The highest BCUT2D eigenvalue weighted by molar-refractivity contribution is 6.18. The summed E-state index contributed by atoms with van der Waals surface area (Å²) in [6.07, 6.45) is 1.51. The number of amides is 1. The topological polar surface area (TPSA) is 70.1 Å². The zero-order chi connectivity index (χ0) is 15.1. The Hall–Kier alpha value is -1.99. The molecule has 0 radical (unpaired) electrons. The Bertz CT molecular complexity index is 561. The van der Waals surface area contributed by atoms with Gasteiger partial charge in [0.15, 0.2) is 0 Å². The largest absolute Gasteiger partial charge is 0.371 e. The molecule has 0 saturated heterocycles. The Morgan fingerprint density at radius 2 is 2.25 bits per heavy atom. The summed E-state index contributed by atoms with van der Waals surface area (Å²) in [7, 11) is 0. The van der Waals surface area contributed by atoms with E-state index in [0.717, 1.165) is 29.9 Å². The highest BCUT2D eigenvalue weighted by atomic mass is 35.5. The number of primary amides is 1. The van der Waals surface area contributed by atoms with Gasteiger partial charge in [0.2, 0.25) is 0 Å². The molecule has 1 aromatic rings. The molecule has 0 fully saturated rings. The van der Waals surface area contributed by atoms with E-state index < -0.39 is 5.91 Å². The van der Waals surface area contributed by atoms with Crippen molar-refractivity contribution in [3.8, 4) is 6.07 Å². The van der Waals surface area contributed by atoms with Gasteiger partial charge in [0.1, 0.15) is 11.6 Å². The molecule has 0 atom stereocenters. The third kappa shape index (κ3) is 4.01. The first-order chi connectivity index (χ1) is 9.53. The van der Waals surface area contributed by atoms with E-state index in [-0.39, 0.29) is 5.57 Å². The molecule has 0 saturated carbocycles. The van der Waals surface area contributed by atoms with Gasteiger partial charge in [0, 0.05) is 24.7 Å². The van der Waals surface area contributed by atoms with Gasteiger partial charge < -0.3 is 10.6 Å². The normalized spacial score (nSPS) is 11.0. The van der Waals surface area contributed by atoms with Crippen molar-refractivity contribution in [1.29, 1.82) is 5.26 Å². The number of benzene rings is 1. The highest BCUT2D eigenvalue weighted by Gasteiger charge is 2.08. The Balaban J connectivity index is 3.11. The minimum Gasteiger partial charge on any atom is -0.371 e. The number of hydrogen-bond donors (Lipinski definition) is 1. The molecular formula is C15H18ClN3O. The van der Waals surface area contributed by atoms with Crippen LogP contribution < -0.4 is 10.6 Å². The van der Waals surface area contributed by atoms with Gasteiger partial charge in [-0.1, -0.05) is 6.07 Å². The Morgan fingerprint density at radius 1 is 1.55 bits per heavy atom. The van der Waals surface area contributed by atoms with Crippen molar-refractivity contribution in [1.82, 2.24) is 0 Å². The van der Waals surface area contributed by atoms with Gasteiger partial charge in [0.05, 0.1) is 0 Å². The van der Waals surface area contributed by atoms with Crippen molar-refractivity contribution >= 4 is 29.3 Å². The molecule has 5 heteroatoms. The number of nitrogens with zero attached hydrogens (tertiary/aromatic N) is 2. The lowest BCUT2D eigenvalue weighted by Gasteiger charge is -2.22. The lowest BCUT2D eigenvalue weighted by molar-refractivity contribution is -0.114. The van der Waals surface area contributed by atoms with Crippen molar-refractivity contribution in [2.45, 2.75) is 13.8 Å². The lowest BCUT2D eigenvalue weighted by Crippen LogP contribution is -2.24. The second-order valence-corrected chi connectivity index (χ2v) is 4.72. The molecule has 1 rings (SSSR count). The van der Waals surface area contributed by atoms with E-state index >= 15 is 0 Å². The SMILES string of the molecule is CCN(CCCl)c1ccc(C=C(C#N)C(N)=O)c(C)c1. The summed E-state index contributed by atoms with van der Waals surface area (Å²) in [5, 5.41) is 8.86. The standard InChI is InChI=1S/C15H18ClN3O/c1-3-19(7-6-16)14-5-4-12(11(2)8-14)9-13(10-17)15(18)20/h4-5,8-9H,3,6-7H2,1-2H3,(H2,18,20). The average Bonchev–Trinajstić information content (AvgIpc) is 2.43. The van der Waals surface area contributed by atoms with Crippen LogP contribution in [-0.2, 0) is 4.79 Å². The van der Waals surface area contributed by atoms with Crippen LogP contribution in [0.5, 0.6) is 0 Å². The first kappa shape index (κ1) is 16.1. The maximum atomic E-state index is 11.1. The fourth-order valence-corrected chi connectivity index (χ4v) is 2.11. The Labute approximate surface area is 124 Å². The Kier molecular flexibility index (Phi) is 6.08. The number of alkyl halides is 1. The molecule has 4 nitrogen and oxygen atoms in total. The van der Waals surface area contributed by atoms with Gasteiger partial charge >= 0.3 is 0 Å². The predicted octanol–water partition coefficient (Wildman–Crippen LogP) is 2.45. The summed E-state index contributed by atoms with van der Waals surface area (Å²) in [5.74, 6) is -0.150. The van der Waals surface area contributed by atoms with Crippen LogP contribution in [0.1, 0.15) is 18.1 Å². The van der Waals surface area contributed by atoms with E-state index in [1.807, 2.05) is 25.1 Å². The van der Waals surface area contributed by atoms with Crippen LogP contribution in [0.4, 0.5) is 5.69 Å². The minimum atomic E-state index is -0.715. The number of hydrogen-bond acceptors (Lipinski definition) is 3. The molecule has 0 bridgehead atoms. The van der Waals surface area contributed by atoms with Crippen molar-refractivity contribution in [3.63, 3.8) is 0 Å². The number of rotatable bonds is 6. The number of anilines is 1. The van der Waals surface area contributed by atoms with Crippen LogP contribution in [0.25, 0.3) is 6.08 Å². The van der Waals surface area contributed by atoms with E-state index in [1.165, 1.54) is 6.08 Å². The molecule has 0 aromatic heterocycles. The summed E-state index contributed by atoms with van der Waals surface area (Å²) in [6.45, 7) is 5.64. The van der Waals surface area contributed by atoms with Crippen LogP contribution in [0.15, 0.2) is 23.8 Å². The maximum absolute atomic E-state index is 11.1. The molecule has 0 spiro atoms. The second kappa shape index (κ2) is 7.56. The Morgan fingerprint density at radius 3 is 2.70 bits per heavy atom. The summed E-state index contributed by atoms with van der Waals surface area (Å²) in [6, 6.07) is 7.64. The number of nitrogens with two attached hydrogens (primary N) is 1. The van der Waals surface area contributed by atoms with Crippen molar-refractivity contribution < 1.29 is 4.79 Å². The molecule has 1 amide bonds. The monoisotopic (exact) mass is 291 g/mol. The zero-order valence-corrected chi connectivity index (χ0v) is 12.4. The van der Waals surface area contributed by atoms with Crippen molar-refractivity contribution in [2.24, 2.45) is 5.73 Å². The van der Waals surface area contributed by atoms with Crippen molar-refractivity contribution in [2.75, 3.05) is 23.9 Å². The summed E-state index contributed by atoms with van der Waals surface area (Å²) in [4.78, 5) is 13.2. The molecule has 0 unspecified atom stereocenters. The summed E-state index contributed by atoms with van der Waals surface area (Å²) in [5.41, 5.74) is 7.94. The van der Waals surface area contributed by atoms with Gasteiger partial charge in [-0.3, -0.25) is 4.79 Å². The number of halogens is 1. The van der Waals surface area contributed by atoms with E-state index in [2.05, 4.69) is 11.8 Å². The van der Waals surface area contributed by atoms with E-state index in [9.17, 15) is 4.79 Å². The highest BCUT2D eigenvalue weighted by Crippen LogP contribution is 2.21. The van der Waals surface area contributed by atoms with Crippen LogP contribution in [0.2, 0.25) is 0 Å². The minimum absolute atomic E-state index is 0.0473. The zero-order valence-electron chi connectivity index (χ0n) is 11.7. The fourth-order valence-electron chi connectivity index (χ4n) is 1.90. The van der Waals surface area contributed by atoms with Gasteiger partial charge in [-0.25, -0.2) is 0 Å². The molecule has 0 aliphatic rings. The van der Waals surface area contributed by atoms with E-state index in [1.54, 1.807) is 6.07 Å². The smallest absolute Gasteiger partial charge is 0.259 e. The van der Waals surface area contributed by atoms with Crippen LogP contribution in [0, 0.1) is 18.3 Å². The lowest BCUT2D eigenvalue weighted by atomic mass is 10.0. The number of nitriles is 1. The molecule has 2 N–H and O–H groups in total. The third-order valence-electron chi connectivity index (χ3n) is 3.04. The molecule has 1 aromatic carbocycles. The number of carbonyl (C=O) groups excluding carboxylic acids is 1. The third-order valence-corrected chi connectivity index (χ3v) is 3.21. The first-order valence-corrected chi connectivity index (χ1v) is 6.90. The molecule has 0 heterocycles. The summed E-state index contributed by atoms with van der Waals surface area (Å²) < 4.78 is 0. The maximum Gasteiger partial charge on any atom is 0.259 e. The van der Waals surface area contributed by atoms with Gasteiger partial charge in [-0.15, -0.1) is 11.6 Å². The summed E-state index contributed by atoms with van der Waals surface area (Å²) >= 11 is 5.78. The quantitative estimate of drug-likeness (QED) is 0.497. The molecule has 0 aliphatic heterocycles. The second-order valence-electron chi connectivity index (χ2n) is 4.34. The first-order valence-electron chi connectivity index (χ1n) is 6.36. The molecule has 20 heavy (non-hydrogen) atoms. The fraction of sp³-hybridized carbons (Fsp3) is 0.333. The van der Waals surface area contributed by atoms with Gasteiger partial charge in [-0.2, -0.15) is 5.26 Å². The molecule has 0 aliphatic carbocycles. The van der Waals surface area contributed by atoms with Crippen LogP contribution in [-0.4, -0.2) is 24.9 Å². The van der Waals surface area contributed by atoms with E-state index in [0.29, 0.717) is 5.88 Å². The van der Waals surface area contributed by atoms with Crippen LogP contribution in [0.3, 0.4) is 0 Å². The molecular weight excluding hydrogens is 274 g/mol. The van der Waals surface area contributed by atoms with Crippen LogP contribution >= 0.6 is 11.6 Å². The predicted molar refractivity (Wildman–Crippen MR) is 82.6 cm³/mol.